The van der Waals surface area contributed by atoms with Crippen LogP contribution in [0.5, 0.6) is 0 Å². The van der Waals surface area contributed by atoms with Crippen molar-refractivity contribution in [1.29, 1.82) is 0 Å². The first-order valence-electron chi connectivity index (χ1n) is 10.9. The van der Waals surface area contributed by atoms with Crippen molar-refractivity contribution in [3.63, 3.8) is 0 Å². The molecule has 1 heterocycles. The van der Waals surface area contributed by atoms with Gasteiger partial charge < -0.3 is 5.11 Å². The van der Waals surface area contributed by atoms with Crippen molar-refractivity contribution in [3.8, 4) is 10.4 Å². The summed E-state index contributed by atoms with van der Waals surface area (Å²) >= 11 is 7.38. The van der Waals surface area contributed by atoms with Gasteiger partial charge in [-0.15, -0.1) is 11.3 Å². The van der Waals surface area contributed by atoms with Crippen LogP contribution in [0.25, 0.3) is 10.4 Å². The summed E-state index contributed by atoms with van der Waals surface area (Å²) in [5.41, 5.74) is -0.153. The molecule has 32 heavy (non-hydrogen) atoms. The number of nitrogens with one attached hydrogen (secondary N) is 1. The molecular formula is C25H28ClNO3S2. The Labute approximate surface area is 201 Å². The number of carboxylic acid groups (broad SMARTS) is 1. The van der Waals surface area contributed by atoms with E-state index in [1.807, 2.05) is 48.6 Å². The van der Waals surface area contributed by atoms with E-state index in [1.54, 1.807) is 0 Å². The van der Waals surface area contributed by atoms with Gasteiger partial charge in [0, 0.05) is 9.90 Å². The summed E-state index contributed by atoms with van der Waals surface area (Å²) in [5, 5.41) is 10.9. The molecule has 4 nitrogen and oxygen atoms in total. The normalized spacial score (nSPS) is 32.8. The van der Waals surface area contributed by atoms with Gasteiger partial charge in [-0.1, -0.05) is 61.9 Å². The Balaban J connectivity index is 1.54. The van der Waals surface area contributed by atoms with Gasteiger partial charge in [-0.3, -0.25) is 4.79 Å². The van der Waals surface area contributed by atoms with Gasteiger partial charge in [0.05, 0.1) is 0 Å². The van der Waals surface area contributed by atoms with E-state index in [-0.39, 0.29) is 11.8 Å². The van der Waals surface area contributed by atoms with Crippen LogP contribution < -0.4 is 4.72 Å². The molecule has 2 aliphatic rings. The predicted octanol–water partition coefficient (Wildman–Crippen LogP) is 6.32. The molecular weight excluding hydrogens is 462 g/mol. The highest BCUT2D eigenvalue weighted by molar-refractivity contribution is 7.85. The minimum Gasteiger partial charge on any atom is -0.480 e. The van der Waals surface area contributed by atoms with Gasteiger partial charge in [0.25, 0.3) is 0 Å². The number of aliphatic carboxylic acids is 1. The van der Waals surface area contributed by atoms with Crippen LogP contribution in [0.2, 0.25) is 5.02 Å². The second-order valence-electron chi connectivity index (χ2n) is 8.85. The Kier molecular flexibility index (Phi) is 7.06. The van der Waals surface area contributed by atoms with Crippen molar-refractivity contribution in [2.45, 2.75) is 42.9 Å². The minimum atomic E-state index is -1.60. The van der Waals surface area contributed by atoms with Gasteiger partial charge in [-0.2, -0.15) is 0 Å². The molecule has 1 saturated carbocycles. The van der Waals surface area contributed by atoms with Crippen molar-refractivity contribution in [2.75, 3.05) is 0 Å². The van der Waals surface area contributed by atoms with Crippen LogP contribution in [0.4, 0.5) is 0 Å². The number of hydrogen-bond donors (Lipinski definition) is 2. The number of rotatable bonds is 5. The van der Waals surface area contributed by atoms with E-state index in [0.717, 1.165) is 23.3 Å². The molecule has 0 aliphatic heterocycles. The van der Waals surface area contributed by atoms with E-state index in [1.165, 1.54) is 11.3 Å². The molecule has 7 heteroatoms. The fourth-order valence-electron chi connectivity index (χ4n) is 4.66. The van der Waals surface area contributed by atoms with E-state index in [9.17, 15) is 14.1 Å². The lowest BCUT2D eigenvalue weighted by Crippen LogP contribution is -2.43. The minimum absolute atomic E-state index is 0.0305. The zero-order valence-electron chi connectivity index (χ0n) is 18.2. The second kappa shape index (κ2) is 9.64. The van der Waals surface area contributed by atoms with E-state index in [2.05, 4.69) is 30.7 Å². The lowest BCUT2D eigenvalue weighted by molar-refractivity contribution is -0.141. The van der Waals surface area contributed by atoms with Gasteiger partial charge in [0.1, 0.15) is 20.7 Å². The maximum Gasteiger partial charge on any atom is 0.325 e. The number of carboxylic acids is 1. The molecule has 170 valence electrons. The van der Waals surface area contributed by atoms with E-state index >= 15 is 0 Å². The molecule has 0 amide bonds. The molecule has 1 aromatic heterocycles. The number of thiophene rings is 1. The molecule has 2 aromatic rings. The zero-order chi connectivity index (χ0) is 22.9. The van der Waals surface area contributed by atoms with Crippen LogP contribution >= 0.6 is 22.9 Å². The van der Waals surface area contributed by atoms with Crippen LogP contribution in [0.15, 0.2) is 64.9 Å². The van der Waals surface area contributed by atoms with Crippen LogP contribution in [-0.4, -0.2) is 20.8 Å². The van der Waals surface area contributed by atoms with Gasteiger partial charge >= 0.3 is 5.97 Å². The molecule has 6 unspecified atom stereocenters. The summed E-state index contributed by atoms with van der Waals surface area (Å²) in [7, 11) is -1.60. The van der Waals surface area contributed by atoms with Crippen molar-refractivity contribution >= 4 is 39.9 Å². The SMILES string of the molecule is CC1/C=C\C=C/CC2C(CCC1C)C2(NS(=O)c1ccc(-c2ccc(Cl)cc2)s1)C(=O)O. The standard InChI is InChI=1S/C25H28ClNO3S2/c1-16-6-4-3-5-7-20-21(13-8-17(16)2)25(20,24(28)29)27-32(30)23-15-14-22(31-23)18-9-11-19(26)12-10-18/h3-6,9-12,14-17,20-21,27H,7-8,13H2,1-2H3,(H,28,29)/b5-3-,6-4-. The molecule has 2 N–H and O–H groups in total. The molecule has 4 rings (SSSR count). The van der Waals surface area contributed by atoms with Crippen LogP contribution in [-0.2, 0) is 15.8 Å². The molecule has 1 aromatic carbocycles. The van der Waals surface area contributed by atoms with Crippen molar-refractivity contribution in [2.24, 2.45) is 23.7 Å². The summed E-state index contributed by atoms with van der Waals surface area (Å²) in [6.07, 6.45) is 10.7. The van der Waals surface area contributed by atoms with Crippen LogP contribution in [0, 0.1) is 23.7 Å². The third-order valence-electron chi connectivity index (χ3n) is 6.94. The molecule has 0 bridgehead atoms. The summed E-state index contributed by atoms with van der Waals surface area (Å²) in [6, 6.07) is 11.2. The number of halogens is 1. The average Bonchev–Trinajstić information content (AvgIpc) is 3.11. The third-order valence-corrected chi connectivity index (χ3v) is 9.85. The summed E-state index contributed by atoms with van der Waals surface area (Å²) in [4.78, 5) is 13.4. The first kappa shape index (κ1) is 23.4. The Morgan fingerprint density at radius 3 is 2.59 bits per heavy atom. The molecule has 6 atom stereocenters. The van der Waals surface area contributed by atoms with Gasteiger partial charge in [0.2, 0.25) is 0 Å². The van der Waals surface area contributed by atoms with Crippen LogP contribution in [0.3, 0.4) is 0 Å². The Bertz CT molecular complexity index is 1060. The van der Waals surface area contributed by atoms with Crippen molar-refractivity contribution in [3.05, 3.63) is 65.7 Å². The molecule has 0 spiro atoms. The summed E-state index contributed by atoms with van der Waals surface area (Å²) in [6.45, 7) is 4.41. The fourth-order valence-corrected chi connectivity index (χ4v) is 7.22. The zero-order valence-corrected chi connectivity index (χ0v) is 20.6. The predicted molar refractivity (Wildman–Crippen MR) is 132 cm³/mol. The quantitative estimate of drug-likeness (QED) is 0.516. The summed E-state index contributed by atoms with van der Waals surface area (Å²) in [5.74, 6) is -0.0946. The maximum atomic E-state index is 13.2. The fraction of sp³-hybridized carbons (Fsp3) is 0.400. The first-order chi connectivity index (χ1) is 15.3. The van der Waals surface area contributed by atoms with Gasteiger partial charge in [0.15, 0.2) is 0 Å². The largest absolute Gasteiger partial charge is 0.480 e. The lowest BCUT2D eigenvalue weighted by Gasteiger charge is -2.18. The van der Waals surface area contributed by atoms with E-state index in [4.69, 9.17) is 11.6 Å². The highest BCUT2D eigenvalue weighted by Gasteiger charge is 2.69. The van der Waals surface area contributed by atoms with Gasteiger partial charge in [-0.05, 0) is 72.8 Å². The number of hydrogen-bond acceptors (Lipinski definition) is 3. The number of allylic oxidation sites excluding steroid dienone is 4. The second-order valence-corrected chi connectivity index (χ2v) is 11.8. The Morgan fingerprint density at radius 1 is 1.12 bits per heavy atom. The number of carbonyl (C=O) groups is 1. The van der Waals surface area contributed by atoms with E-state index in [0.29, 0.717) is 27.5 Å². The molecule has 2 aliphatic carbocycles. The smallest absolute Gasteiger partial charge is 0.325 e. The molecule has 1 fully saturated rings. The molecule has 0 radical (unpaired) electrons. The van der Waals surface area contributed by atoms with Gasteiger partial charge in [-0.25, -0.2) is 8.93 Å². The highest BCUT2D eigenvalue weighted by Crippen LogP contribution is 2.56. The number of benzene rings is 1. The monoisotopic (exact) mass is 489 g/mol. The summed E-state index contributed by atoms with van der Waals surface area (Å²) < 4.78 is 16.9. The maximum absolute atomic E-state index is 13.2. The van der Waals surface area contributed by atoms with Crippen molar-refractivity contribution in [1.82, 2.24) is 4.72 Å². The van der Waals surface area contributed by atoms with E-state index < -0.39 is 22.5 Å². The topological polar surface area (TPSA) is 66.4 Å². The molecule has 0 saturated heterocycles. The van der Waals surface area contributed by atoms with Crippen molar-refractivity contribution < 1.29 is 14.1 Å². The number of fused-ring (bicyclic) bond motifs is 1. The lowest BCUT2D eigenvalue weighted by atomic mass is 9.90. The van der Waals surface area contributed by atoms with Crippen LogP contribution in [0.1, 0.15) is 33.1 Å². The Morgan fingerprint density at radius 2 is 1.88 bits per heavy atom. The Hall–Kier alpha value is -1.73. The first-order valence-corrected chi connectivity index (χ1v) is 13.3. The third kappa shape index (κ3) is 4.65. The average molecular weight is 490 g/mol. The highest BCUT2D eigenvalue weighted by atomic mass is 35.5.